The first-order chi connectivity index (χ1) is 8.49. The Balaban J connectivity index is 2.27. The molecule has 3 N–H and O–H groups in total. The van der Waals surface area contributed by atoms with Crippen molar-refractivity contribution in [1.29, 1.82) is 0 Å². The normalized spacial score (nSPS) is 12.6. The van der Waals surface area contributed by atoms with Gasteiger partial charge in [-0.15, -0.1) is 11.3 Å². The first kappa shape index (κ1) is 12.7. The topological polar surface area (TPSA) is 92.1 Å². The van der Waals surface area contributed by atoms with Crippen LogP contribution in [-0.4, -0.2) is 33.9 Å². The van der Waals surface area contributed by atoms with Gasteiger partial charge in [-0.1, -0.05) is 0 Å². The third-order valence-corrected chi connectivity index (χ3v) is 3.42. The number of rotatable bonds is 3. The molecule has 0 aromatic carbocycles. The second-order valence-electron chi connectivity index (χ2n) is 4.13. The maximum atomic E-state index is 11.7. The van der Waals surface area contributed by atoms with E-state index in [1.165, 1.54) is 16.2 Å². The highest BCUT2D eigenvalue weighted by Gasteiger charge is 2.15. The Kier molecular flexibility index (Phi) is 3.44. The molecule has 0 radical (unpaired) electrons. The molecule has 18 heavy (non-hydrogen) atoms. The molecule has 0 saturated carbocycles. The average molecular weight is 266 g/mol. The van der Waals surface area contributed by atoms with Gasteiger partial charge in [0, 0.05) is 7.05 Å². The number of hydrogen-bond acceptors (Lipinski definition) is 5. The number of amides is 1. The van der Waals surface area contributed by atoms with Gasteiger partial charge in [-0.05, 0) is 18.4 Å². The zero-order valence-corrected chi connectivity index (χ0v) is 11.0. The molecule has 0 aliphatic heterocycles. The van der Waals surface area contributed by atoms with Crippen LogP contribution in [0.3, 0.4) is 0 Å². The Morgan fingerprint density at radius 2 is 2.39 bits per heavy atom. The van der Waals surface area contributed by atoms with Crippen molar-refractivity contribution < 1.29 is 4.79 Å². The number of aromatic nitrogens is 2. The van der Waals surface area contributed by atoms with Crippen LogP contribution in [0.1, 0.15) is 12.7 Å². The van der Waals surface area contributed by atoms with Crippen LogP contribution < -0.4 is 11.3 Å². The summed E-state index contributed by atoms with van der Waals surface area (Å²) in [6, 6.07) is 1.22. The van der Waals surface area contributed by atoms with Crippen molar-refractivity contribution in [1.82, 2.24) is 14.9 Å². The van der Waals surface area contributed by atoms with Gasteiger partial charge in [0.2, 0.25) is 5.91 Å². The van der Waals surface area contributed by atoms with E-state index in [4.69, 9.17) is 5.73 Å². The van der Waals surface area contributed by atoms with E-state index in [0.717, 1.165) is 0 Å². The van der Waals surface area contributed by atoms with Crippen LogP contribution >= 0.6 is 11.3 Å². The standard InChI is InChI=1S/C11H14N4O2S/c1-6(12)11(17)15(2)5-8-13-7-3-4-18-9(7)10(16)14-8/h3-4,6H,5,12H2,1-2H3,(H,13,14,16)/t6-/m0/s1. The molecule has 0 bridgehead atoms. The van der Waals surface area contributed by atoms with Crippen molar-refractivity contribution in [2.24, 2.45) is 5.73 Å². The van der Waals surface area contributed by atoms with E-state index in [9.17, 15) is 9.59 Å². The molecule has 2 aromatic rings. The van der Waals surface area contributed by atoms with Gasteiger partial charge in [-0.2, -0.15) is 0 Å². The number of hydrogen-bond donors (Lipinski definition) is 2. The van der Waals surface area contributed by atoms with Gasteiger partial charge in [0.05, 0.1) is 18.1 Å². The molecule has 0 saturated heterocycles. The number of carbonyl (C=O) groups is 1. The summed E-state index contributed by atoms with van der Waals surface area (Å²) in [7, 11) is 1.63. The fourth-order valence-electron chi connectivity index (χ4n) is 1.65. The minimum atomic E-state index is -0.563. The average Bonchev–Trinajstić information content (AvgIpc) is 2.76. The monoisotopic (exact) mass is 266 g/mol. The van der Waals surface area contributed by atoms with Crippen LogP contribution in [0.15, 0.2) is 16.2 Å². The molecule has 0 fully saturated rings. The lowest BCUT2D eigenvalue weighted by atomic mass is 10.3. The van der Waals surface area contributed by atoms with Crippen LogP contribution in [0.5, 0.6) is 0 Å². The Hall–Kier alpha value is -1.73. The quantitative estimate of drug-likeness (QED) is 0.835. The van der Waals surface area contributed by atoms with E-state index in [1.807, 2.05) is 5.38 Å². The highest BCUT2D eigenvalue weighted by Crippen LogP contribution is 2.13. The van der Waals surface area contributed by atoms with Gasteiger partial charge in [-0.25, -0.2) is 4.98 Å². The fourth-order valence-corrected chi connectivity index (χ4v) is 2.37. The highest BCUT2D eigenvalue weighted by molar-refractivity contribution is 7.17. The van der Waals surface area contributed by atoms with Crippen LogP contribution in [0, 0.1) is 0 Å². The number of nitrogens with one attached hydrogen (secondary N) is 1. The van der Waals surface area contributed by atoms with Gasteiger partial charge >= 0.3 is 0 Å². The van der Waals surface area contributed by atoms with E-state index < -0.39 is 6.04 Å². The zero-order valence-electron chi connectivity index (χ0n) is 10.1. The number of nitrogens with two attached hydrogens (primary N) is 1. The molecule has 96 valence electrons. The Labute approximate surface area is 107 Å². The van der Waals surface area contributed by atoms with Crippen LogP contribution in [0.25, 0.3) is 10.2 Å². The molecule has 2 heterocycles. The van der Waals surface area contributed by atoms with Crippen molar-refractivity contribution >= 4 is 27.5 Å². The lowest BCUT2D eigenvalue weighted by Gasteiger charge is -2.18. The molecular weight excluding hydrogens is 252 g/mol. The number of thiophene rings is 1. The second kappa shape index (κ2) is 4.87. The smallest absolute Gasteiger partial charge is 0.268 e. The number of aromatic amines is 1. The molecule has 7 heteroatoms. The zero-order chi connectivity index (χ0) is 13.3. The molecule has 1 atom stereocenters. The summed E-state index contributed by atoms with van der Waals surface area (Å²) < 4.78 is 0.597. The molecule has 2 aromatic heterocycles. The van der Waals surface area contributed by atoms with E-state index in [-0.39, 0.29) is 18.0 Å². The summed E-state index contributed by atoms with van der Waals surface area (Å²) in [5, 5.41) is 1.81. The van der Waals surface area contributed by atoms with Gasteiger partial charge in [0.1, 0.15) is 10.5 Å². The predicted octanol–water partition coefficient (Wildman–Crippen LogP) is 0.290. The minimum Gasteiger partial charge on any atom is -0.337 e. The molecule has 1 amide bonds. The summed E-state index contributed by atoms with van der Waals surface area (Å²) >= 11 is 1.35. The summed E-state index contributed by atoms with van der Waals surface area (Å²) in [6.07, 6.45) is 0. The van der Waals surface area contributed by atoms with E-state index in [1.54, 1.807) is 20.0 Å². The molecule has 0 spiro atoms. The van der Waals surface area contributed by atoms with E-state index in [2.05, 4.69) is 9.97 Å². The summed E-state index contributed by atoms with van der Waals surface area (Å²) in [5.41, 5.74) is 5.99. The van der Waals surface area contributed by atoms with Gasteiger partial charge < -0.3 is 15.6 Å². The van der Waals surface area contributed by atoms with Gasteiger partial charge in [-0.3, -0.25) is 9.59 Å². The highest BCUT2D eigenvalue weighted by atomic mass is 32.1. The SMILES string of the molecule is C[C@H](N)C(=O)N(C)Cc1nc2ccsc2c(=O)[nH]1. The van der Waals surface area contributed by atoms with Crippen LogP contribution in [-0.2, 0) is 11.3 Å². The molecular formula is C11H14N4O2S. The van der Waals surface area contributed by atoms with Crippen molar-refractivity contribution in [3.8, 4) is 0 Å². The van der Waals surface area contributed by atoms with Crippen molar-refractivity contribution in [3.63, 3.8) is 0 Å². The van der Waals surface area contributed by atoms with Crippen molar-refractivity contribution in [2.75, 3.05) is 7.05 Å². The lowest BCUT2D eigenvalue weighted by molar-refractivity contribution is -0.131. The molecule has 0 aliphatic rings. The first-order valence-electron chi connectivity index (χ1n) is 5.46. The Morgan fingerprint density at radius 3 is 3.06 bits per heavy atom. The fraction of sp³-hybridized carbons (Fsp3) is 0.364. The number of fused-ring (bicyclic) bond motifs is 1. The Morgan fingerprint density at radius 1 is 1.67 bits per heavy atom. The summed E-state index contributed by atoms with van der Waals surface area (Å²) in [5.74, 6) is 0.269. The number of nitrogens with zero attached hydrogens (tertiary/aromatic N) is 2. The van der Waals surface area contributed by atoms with Crippen molar-refractivity contribution in [3.05, 3.63) is 27.6 Å². The number of carbonyl (C=O) groups excluding carboxylic acids is 1. The van der Waals surface area contributed by atoms with Gasteiger partial charge in [0.25, 0.3) is 5.56 Å². The lowest BCUT2D eigenvalue weighted by Crippen LogP contribution is -2.39. The third-order valence-electron chi connectivity index (χ3n) is 2.52. The van der Waals surface area contributed by atoms with Crippen LogP contribution in [0.4, 0.5) is 0 Å². The molecule has 0 aliphatic carbocycles. The third kappa shape index (κ3) is 2.41. The van der Waals surface area contributed by atoms with Crippen molar-refractivity contribution in [2.45, 2.75) is 19.5 Å². The molecule has 0 unspecified atom stereocenters. The second-order valence-corrected chi connectivity index (χ2v) is 5.05. The minimum absolute atomic E-state index is 0.174. The predicted molar refractivity (Wildman–Crippen MR) is 70.4 cm³/mol. The van der Waals surface area contributed by atoms with E-state index in [0.29, 0.717) is 16.0 Å². The summed E-state index contributed by atoms with van der Waals surface area (Å²) in [6.45, 7) is 1.86. The first-order valence-corrected chi connectivity index (χ1v) is 6.34. The molecule has 6 nitrogen and oxygen atoms in total. The Bertz CT molecular complexity index is 631. The molecule has 2 rings (SSSR count). The number of likely N-dealkylation sites (N-methyl/N-ethyl adjacent to an activating group) is 1. The van der Waals surface area contributed by atoms with E-state index >= 15 is 0 Å². The maximum absolute atomic E-state index is 11.7. The number of H-pyrrole nitrogens is 1. The van der Waals surface area contributed by atoms with Gasteiger partial charge in [0.15, 0.2) is 0 Å². The summed E-state index contributed by atoms with van der Waals surface area (Å²) in [4.78, 5) is 31.8. The maximum Gasteiger partial charge on any atom is 0.268 e. The largest absolute Gasteiger partial charge is 0.337 e. The van der Waals surface area contributed by atoms with Crippen LogP contribution in [0.2, 0.25) is 0 Å².